The number of urea groups is 1. The van der Waals surface area contributed by atoms with E-state index < -0.39 is 0 Å². The van der Waals surface area contributed by atoms with Crippen LogP contribution in [0, 0.1) is 0 Å². The molecule has 98 valence electrons. The number of anilines is 2. The Labute approximate surface area is 112 Å². The van der Waals surface area contributed by atoms with Crippen LogP contribution < -0.4 is 16.0 Å². The zero-order valence-electron chi connectivity index (χ0n) is 10.5. The Morgan fingerprint density at radius 2 is 2.00 bits per heavy atom. The van der Waals surface area contributed by atoms with Crippen LogP contribution in [0.25, 0.3) is 0 Å². The highest BCUT2D eigenvalue weighted by Gasteiger charge is 2.12. The second kappa shape index (κ2) is 6.54. The normalized spacial score (nSPS) is 19.1. The maximum absolute atomic E-state index is 11.1. The number of amides is 2. The van der Waals surface area contributed by atoms with Crippen molar-refractivity contribution in [3.05, 3.63) is 24.3 Å². The molecule has 0 bridgehead atoms. The van der Waals surface area contributed by atoms with Gasteiger partial charge in [-0.05, 0) is 42.9 Å². The zero-order valence-corrected chi connectivity index (χ0v) is 11.3. The van der Waals surface area contributed by atoms with E-state index in [-0.39, 0.29) is 6.03 Å². The highest BCUT2D eigenvalue weighted by Crippen LogP contribution is 2.21. The Morgan fingerprint density at radius 3 is 2.61 bits per heavy atom. The van der Waals surface area contributed by atoms with Crippen molar-refractivity contribution < 1.29 is 4.79 Å². The van der Waals surface area contributed by atoms with Gasteiger partial charge in [0.15, 0.2) is 0 Å². The van der Waals surface area contributed by atoms with Gasteiger partial charge in [0.25, 0.3) is 0 Å². The average Bonchev–Trinajstić information content (AvgIpc) is 2.42. The summed E-state index contributed by atoms with van der Waals surface area (Å²) in [7, 11) is 1.60. The molecule has 2 amide bonds. The third-order valence-electron chi connectivity index (χ3n) is 2.90. The first-order valence-electron chi connectivity index (χ1n) is 6.21. The van der Waals surface area contributed by atoms with Crippen molar-refractivity contribution in [2.45, 2.75) is 18.9 Å². The van der Waals surface area contributed by atoms with Crippen LogP contribution >= 0.6 is 11.8 Å². The fourth-order valence-corrected chi connectivity index (χ4v) is 3.01. The predicted octanol–water partition coefficient (Wildman–Crippen LogP) is 2.75. The van der Waals surface area contributed by atoms with E-state index in [1.807, 2.05) is 36.0 Å². The molecular formula is C13H19N3OS. The highest BCUT2D eigenvalue weighted by molar-refractivity contribution is 7.99. The second-order valence-electron chi connectivity index (χ2n) is 4.34. The molecule has 5 heteroatoms. The minimum absolute atomic E-state index is 0.195. The molecule has 1 aliphatic heterocycles. The number of carbonyl (C=O) groups excluding carboxylic acids is 1. The molecule has 1 heterocycles. The summed E-state index contributed by atoms with van der Waals surface area (Å²) in [6.07, 6.45) is 2.53. The van der Waals surface area contributed by atoms with E-state index in [4.69, 9.17) is 0 Å². The number of hydrogen-bond acceptors (Lipinski definition) is 3. The first-order chi connectivity index (χ1) is 8.78. The van der Waals surface area contributed by atoms with E-state index in [1.54, 1.807) is 7.05 Å². The summed E-state index contributed by atoms with van der Waals surface area (Å²) < 4.78 is 0. The summed E-state index contributed by atoms with van der Waals surface area (Å²) in [5.41, 5.74) is 1.92. The Hall–Kier alpha value is -1.36. The Balaban J connectivity index is 1.88. The highest BCUT2D eigenvalue weighted by atomic mass is 32.2. The Morgan fingerprint density at radius 1 is 1.28 bits per heavy atom. The second-order valence-corrected chi connectivity index (χ2v) is 5.49. The minimum Gasteiger partial charge on any atom is -0.381 e. The molecule has 18 heavy (non-hydrogen) atoms. The number of carbonyl (C=O) groups is 1. The molecule has 0 radical (unpaired) electrons. The van der Waals surface area contributed by atoms with Gasteiger partial charge in [0.2, 0.25) is 0 Å². The quantitative estimate of drug-likeness (QED) is 0.787. The fourth-order valence-electron chi connectivity index (χ4n) is 1.93. The van der Waals surface area contributed by atoms with Crippen molar-refractivity contribution in [2.75, 3.05) is 29.2 Å². The van der Waals surface area contributed by atoms with Gasteiger partial charge >= 0.3 is 6.03 Å². The summed E-state index contributed by atoms with van der Waals surface area (Å²) in [6, 6.07) is 8.21. The molecule has 0 aromatic heterocycles. The van der Waals surface area contributed by atoms with Gasteiger partial charge in [0.1, 0.15) is 0 Å². The van der Waals surface area contributed by atoms with Gasteiger partial charge in [0, 0.05) is 30.2 Å². The monoisotopic (exact) mass is 265 g/mol. The lowest BCUT2D eigenvalue weighted by Crippen LogP contribution is -2.26. The molecule has 1 aromatic carbocycles. The largest absolute Gasteiger partial charge is 0.381 e. The topological polar surface area (TPSA) is 53.2 Å². The lowest BCUT2D eigenvalue weighted by Gasteiger charge is -2.23. The van der Waals surface area contributed by atoms with Crippen molar-refractivity contribution in [3.8, 4) is 0 Å². The van der Waals surface area contributed by atoms with Crippen LogP contribution in [0.5, 0.6) is 0 Å². The number of nitrogens with one attached hydrogen (secondary N) is 3. The standard InChI is InChI=1S/C13H19N3OS/c1-14-13(17)16-11-6-4-10(5-7-11)15-12-3-2-8-18-9-12/h4-7,12,15H,2-3,8-9H2,1H3,(H2,14,16,17). The smallest absolute Gasteiger partial charge is 0.318 e. The third kappa shape index (κ3) is 3.84. The zero-order chi connectivity index (χ0) is 12.8. The maximum atomic E-state index is 11.1. The van der Waals surface area contributed by atoms with E-state index in [0.717, 1.165) is 11.4 Å². The summed E-state index contributed by atoms with van der Waals surface area (Å²) in [4.78, 5) is 11.1. The van der Waals surface area contributed by atoms with Crippen LogP contribution in [-0.4, -0.2) is 30.6 Å². The van der Waals surface area contributed by atoms with Crippen molar-refractivity contribution in [3.63, 3.8) is 0 Å². The molecular weight excluding hydrogens is 246 g/mol. The molecule has 4 nitrogen and oxygen atoms in total. The molecule has 1 fully saturated rings. The van der Waals surface area contributed by atoms with E-state index in [9.17, 15) is 4.79 Å². The summed E-state index contributed by atoms with van der Waals surface area (Å²) in [5.74, 6) is 2.46. The van der Waals surface area contributed by atoms with Gasteiger partial charge in [-0.2, -0.15) is 11.8 Å². The first-order valence-corrected chi connectivity index (χ1v) is 7.36. The van der Waals surface area contributed by atoms with Crippen LogP contribution in [0.4, 0.5) is 16.2 Å². The molecule has 3 N–H and O–H groups in total. The van der Waals surface area contributed by atoms with Gasteiger partial charge in [-0.1, -0.05) is 0 Å². The summed E-state index contributed by atoms with van der Waals surface area (Å²) >= 11 is 2.01. The van der Waals surface area contributed by atoms with Gasteiger partial charge in [-0.3, -0.25) is 0 Å². The van der Waals surface area contributed by atoms with Crippen LogP contribution in [0.1, 0.15) is 12.8 Å². The molecule has 0 aliphatic carbocycles. The average molecular weight is 265 g/mol. The van der Waals surface area contributed by atoms with E-state index >= 15 is 0 Å². The Bertz CT molecular complexity index is 388. The molecule has 0 spiro atoms. The van der Waals surface area contributed by atoms with Crippen molar-refractivity contribution in [1.82, 2.24) is 5.32 Å². The third-order valence-corrected chi connectivity index (χ3v) is 4.12. The van der Waals surface area contributed by atoms with E-state index in [1.165, 1.54) is 24.3 Å². The van der Waals surface area contributed by atoms with Gasteiger partial charge in [0.05, 0.1) is 0 Å². The van der Waals surface area contributed by atoms with E-state index in [2.05, 4.69) is 16.0 Å². The summed E-state index contributed by atoms with van der Waals surface area (Å²) in [5, 5.41) is 8.79. The fraction of sp³-hybridized carbons (Fsp3) is 0.462. The molecule has 0 saturated carbocycles. The first kappa shape index (κ1) is 13.1. The predicted molar refractivity (Wildman–Crippen MR) is 78.5 cm³/mol. The number of rotatable bonds is 3. The SMILES string of the molecule is CNC(=O)Nc1ccc(NC2CCCSC2)cc1. The molecule has 1 aromatic rings. The molecule has 1 unspecified atom stereocenters. The number of thioether (sulfide) groups is 1. The van der Waals surface area contributed by atoms with Crippen LogP contribution in [0.2, 0.25) is 0 Å². The molecule has 1 saturated heterocycles. The van der Waals surface area contributed by atoms with Gasteiger partial charge in [-0.15, -0.1) is 0 Å². The van der Waals surface area contributed by atoms with Crippen LogP contribution in [-0.2, 0) is 0 Å². The molecule has 1 atom stereocenters. The maximum Gasteiger partial charge on any atom is 0.318 e. The lowest BCUT2D eigenvalue weighted by molar-refractivity contribution is 0.254. The van der Waals surface area contributed by atoms with E-state index in [0.29, 0.717) is 6.04 Å². The van der Waals surface area contributed by atoms with Gasteiger partial charge in [-0.25, -0.2) is 4.79 Å². The van der Waals surface area contributed by atoms with Crippen LogP contribution in [0.15, 0.2) is 24.3 Å². The van der Waals surface area contributed by atoms with Crippen molar-refractivity contribution in [1.29, 1.82) is 0 Å². The van der Waals surface area contributed by atoms with Crippen LogP contribution in [0.3, 0.4) is 0 Å². The molecule has 2 rings (SSSR count). The number of benzene rings is 1. The molecule has 1 aliphatic rings. The van der Waals surface area contributed by atoms with Crippen molar-refractivity contribution in [2.24, 2.45) is 0 Å². The van der Waals surface area contributed by atoms with Gasteiger partial charge < -0.3 is 16.0 Å². The summed E-state index contributed by atoms with van der Waals surface area (Å²) in [6.45, 7) is 0. The minimum atomic E-state index is -0.195. The Kier molecular flexibility index (Phi) is 4.75. The van der Waals surface area contributed by atoms with Crippen molar-refractivity contribution >= 4 is 29.2 Å². The number of hydrogen-bond donors (Lipinski definition) is 3. The lowest BCUT2D eigenvalue weighted by atomic mass is 10.1.